The summed E-state index contributed by atoms with van der Waals surface area (Å²) in [5, 5.41) is 6.34. The average Bonchev–Trinajstić information content (AvgIpc) is 3.19. The second-order valence-corrected chi connectivity index (χ2v) is 5.11. The smallest absolute Gasteiger partial charge is 0.221 e. The standard InChI is InChI=1S/C15H22N2O/c1-12(13-5-3-2-4-6-13)11-16-10-9-15(18)17-14-7-8-14/h2-6,12,14,16H,7-11H2,1H3,(H,17,18). The molecular weight excluding hydrogens is 224 g/mol. The van der Waals surface area contributed by atoms with E-state index in [1.54, 1.807) is 0 Å². The van der Waals surface area contributed by atoms with Crippen LogP contribution in [0.1, 0.15) is 37.7 Å². The second kappa shape index (κ2) is 6.55. The van der Waals surface area contributed by atoms with Gasteiger partial charge in [0.05, 0.1) is 0 Å². The molecule has 0 saturated heterocycles. The highest BCUT2D eigenvalue weighted by Crippen LogP contribution is 2.18. The van der Waals surface area contributed by atoms with Crippen LogP contribution in [0.4, 0.5) is 0 Å². The first kappa shape index (κ1) is 13.1. The molecule has 1 aromatic rings. The van der Waals surface area contributed by atoms with Crippen LogP contribution in [0, 0.1) is 0 Å². The highest BCUT2D eigenvalue weighted by Gasteiger charge is 2.22. The van der Waals surface area contributed by atoms with Crippen LogP contribution in [0.5, 0.6) is 0 Å². The van der Waals surface area contributed by atoms with E-state index in [2.05, 4.69) is 41.8 Å². The molecule has 0 heterocycles. The number of nitrogens with one attached hydrogen (secondary N) is 2. The van der Waals surface area contributed by atoms with Crippen molar-refractivity contribution in [1.29, 1.82) is 0 Å². The highest BCUT2D eigenvalue weighted by molar-refractivity contribution is 5.76. The Hall–Kier alpha value is -1.35. The molecule has 18 heavy (non-hydrogen) atoms. The van der Waals surface area contributed by atoms with Crippen LogP contribution < -0.4 is 10.6 Å². The molecule has 0 radical (unpaired) electrons. The Kier molecular flexibility index (Phi) is 4.76. The Labute approximate surface area is 109 Å². The Morgan fingerprint density at radius 2 is 2.06 bits per heavy atom. The quantitative estimate of drug-likeness (QED) is 0.723. The molecule has 1 aliphatic rings. The van der Waals surface area contributed by atoms with Gasteiger partial charge < -0.3 is 10.6 Å². The van der Waals surface area contributed by atoms with Crippen LogP contribution in [0.15, 0.2) is 30.3 Å². The van der Waals surface area contributed by atoms with Gasteiger partial charge >= 0.3 is 0 Å². The van der Waals surface area contributed by atoms with Gasteiger partial charge in [-0.15, -0.1) is 0 Å². The molecule has 1 saturated carbocycles. The molecular formula is C15H22N2O. The molecule has 1 fully saturated rings. The third kappa shape index (κ3) is 4.49. The van der Waals surface area contributed by atoms with E-state index in [1.165, 1.54) is 5.56 Å². The van der Waals surface area contributed by atoms with E-state index in [0.717, 1.165) is 25.9 Å². The lowest BCUT2D eigenvalue weighted by Gasteiger charge is -2.12. The van der Waals surface area contributed by atoms with Gasteiger partial charge in [-0.2, -0.15) is 0 Å². The van der Waals surface area contributed by atoms with Gasteiger partial charge in [-0.25, -0.2) is 0 Å². The van der Waals surface area contributed by atoms with Crippen molar-refractivity contribution in [3.63, 3.8) is 0 Å². The summed E-state index contributed by atoms with van der Waals surface area (Å²) in [5.41, 5.74) is 1.34. The van der Waals surface area contributed by atoms with E-state index in [4.69, 9.17) is 0 Å². The molecule has 0 aliphatic heterocycles. The SMILES string of the molecule is CC(CNCCC(=O)NC1CC1)c1ccccc1. The zero-order valence-corrected chi connectivity index (χ0v) is 11.0. The van der Waals surface area contributed by atoms with Gasteiger partial charge in [-0.1, -0.05) is 37.3 Å². The third-order valence-electron chi connectivity index (χ3n) is 3.29. The van der Waals surface area contributed by atoms with Crippen molar-refractivity contribution < 1.29 is 4.79 Å². The van der Waals surface area contributed by atoms with Crippen LogP contribution in [0.3, 0.4) is 0 Å². The zero-order valence-electron chi connectivity index (χ0n) is 11.0. The van der Waals surface area contributed by atoms with Gasteiger partial charge in [-0.3, -0.25) is 4.79 Å². The molecule has 3 heteroatoms. The molecule has 1 unspecified atom stereocenters. The molecule has 2 N–H and O–H groups in total. The Morgan fingerprint density at radius 1 is 1.33 bits per heavy atom. The summed E-state index contributed by atoms with van der Waals surface area (Å²) >= 11 is 0. The number of carbonyl (C=O) groups excluding carboxylic acids is 1. The van der Waals surface area contributed by atoms with Crippen LogP contribution >= 0.6 is 0 Å². The van der Waals surface area contributed by atoms with E-state index in [0.29, 0.717) is 18.4 Å². The van der Waals surface area contributed by atoms with Crippen molar-refractivity contribution in [3.8, 4) is 0 Å². The summed E-state index contributed by atoms with van der Waals surface area (Å²) in [6.07, 6.45) is 2.90. The molecule has 1 amide bonds. The summed E-state index contributed by atoms with van der Waals surface area (Å²) in [6.45, 7) is 3.88. The fourth-order valence-electron chi connectivity index (χ4n) is 1.95. The number of rotatable bonds is 7. The number of carbonyl (C=O) groups is 1. The molecule has 1 aliphatic carbocycles. The van der Waals surface area contributed by atoms with Crippen molar-refractivity contribution in [2.24, 2.45) is 0 Å². The lowest BCUT2D eigenvalue weighted by molar-refractivity contribution is -0.121. The molecule has 0 spiro atoms. The Balaban J connectivity index is 1.58. The maximum Gasteiger partial charge on any atom is 0.221 e. The molecule has 1 atom stereocenters. The van der Waals surface area contributed by atoms with Gasteiger partial charge in [0.15, 0.2) is 0 Å². The molecule has 3 nitrogen and oxygen atoms in total. The minimum atomic E-state index is 0.178. The lowest BCUT2D eigenvalue weighted by atomic mass is 10.0. The average molecular weight is 246 g/mol. The van der Waals surface area contributed by atoms with Crippen molar-refractivity contribution in [3.05, 3.63) is 35.9 Å². The van der Waals surface area contributed by atoms with Crippen LogP contribution in [-0.4, -0.2) is 25.0 Å². The maximum atomic E-state index is 11.5. The van der Waals surface area contributed by atoms with E-state index in [-0.39, 0.29) is 5.91 Å². The summed E-state index contributed by atoms with van der Waals surface area (Å²) in [4.78, 5) is 11.5. The topological polar surface area (TPSA) is 41.1 Å². The van der Waals surface area contributed by atoms with Crippen molar-refractivity contribution in [2.45, 2.75) is 38.1 Å². The minimum Gasteiger partial charge on any atom is -0.353 e. The molecule has 98 valence electrons. The van der Waals surface area contributed by atoms with Crippen molar-refractivity contribution in [2.75, 3.05) is 13.1 Å². The summed E-state index contributed by atoms with van der Waals surface area (Å²) < 4.78 is 0. The van der Waals surface area contributed by atoms with Crippen LogP contribution in [0.25, 0.3) is 0 Å². The fourth-order valence-corrected chi connectivity index (χ4v) is 1.95. The van der Waals surface area contributed by atoms with Crippen LogP contribution in [0.2, 0.25) is 0 Å². The molecule has 0 aromatic heterocycles. The van der Waals surface area contributed by atoms with Gasteiger partial charge in [0.1, 0.15) is 0 Å². The zero-order chi connectivity index (χ0) is 12.8. The number of hydrogen-bond acceptors (Lipinski definition) is 2. The fraction of sp³-hybridized carbons (Fsp3) is 0.533. The van der Waals surface area contributed by atoms with Gasteiger partial charge in [0.2, 0.25) is 5.91 Å². The first-order valence-electron chi connectivity index (χ1n) is 6.80. The Morgan fingerprint density at radius 3 is 2.72 bits per heavy atom. The number of hydrogen-bond donors (Lipinski definition) is 2. The summed E-state index contributed by atoms with van der Waals surface area (Å²) in [7, 11) is 0. The van der Waals surface area contributed by atoms with E-state index in [9.17, 15) is 4.79 Å². The van der Waals surface area contributed by atoms with Crippen LogP contribution in [-0.2, 0) is 4.79 Å². The summed E-state index contributed by atoms with van der Waals surface area (Å²) in [6, 6.07) is 10.9. The molecule has 2 rings (SSSR count). The maximum absolute atomic E-state index is 11.5. The van der Waals surface area contributed by atoms with E-state index >= 15 is 0 Å². The molecule has 0 bridgehead atoms. The second-order valence-electron chi connectivity index (χ2n) is 5.11. The first-order valence-corrected chi connectivity index (χ1v) is 6.80. The predicted molar refractivity (Wildman–Crippen MR) is 73.5 cm³/mol. The number of amides is 1. The van der Waals surface area contributed by atoms with Gasteiger partial charge in [0, 0.05) is 25.6 Å². The number of benzene rings is 1. The normalized spacial score (nSPS) is 16.3. The minimum absolute atomic E-state index is 0.178. The lowest BCUT2D eigenvalue weighted by Crippen LogP contribution is -2.30. The predicted octanol–water partition coefficient (Wildman–Crippen LogP) is 2.05. The summed E-state index contributed by atoms with van der Waals surface area (Å²) in [5.74, 6) is 0.662. The monoisotopic (exact) mass is 246 g/mol. The van der Waals surface area contributed by atoms with E-state index in [1.807, 2.05) is 6.07 Å². The Bertz CT molecular complexity index is 373. The van der Waals surface area contributed by atoms with Gasteiger partial charge in [-0.05, 0) is 24.3 Å². The van der Waals surface area contributed by atoms with Gasteiger partial charge in [0.25, 0.3) is 0 Å². The first-order chi connectivity index (χ1) is 8.75. The highest BCUT2D eigenvalue weighted by atomic mass is 16.1. The molecule has 1 aromatic carbocycles. The van der Waals surface area contributed by atoms with E-state index < -0.39 is 0 Å². The largest absolute Gasteiger partial charge is 0.353 e. The van der Waals surface area contributed by atoms with Crippen molar-refractivity contribution >= 4 is 5.91 Å². The van der Waals surface area contributed by atoms with Crippen molar-refractivity contribution in [1.82, 2.24) is 10.6 Å². The third-order valence-corrected chi connectivity index (χ3v) is 3.29.